The highest BCUT2D eigenvalue weighted by atomic mass is 32.2. The van der Waals surface area contributed by atoms with Gasteiger partial charge in [0, 0.05) is 30.3 Å². The average Bonchev–Trinajstić information content (AvgIpc) is 3.31. The lowest BCUT2D eigenvalue weighted by Gasteiger charge is -2.26. The van der Waals surface area contributed by atoms with Gasteiger partial charge in [0.1, 0.15) is 16.4 Å². The molecule has 192 valence electrons. The Kier molecular flexibility index (Phi) is 7.02. The first-order valence-corrected chi connectivity index (χ1v) is 14.2. The van der Waals surface area contributed by atoms with Crippen LogP contribution in [0.4, 0.5) is 4.39 Å². The van der Waals surface area contributed by atoms with E-state index in [4.69, 9.17) is 9.72 Å². The van der Waals surface area contributed by atoms with Gasteiger partial charge in [-0.25, -0.2) is 9.37 Å². The molecule has 3 aromatic carbocycles. The number of halogens is 1. The molecule has 8 heteroatoms. The monoisotopic (exact) mass is 543 g/mol. The Morgan fingerprint density at radius 2 is 1.79 bits per heavy atom. The second-order valence-corrected chi connectivity index (χ2v) is 11.3. The highest BCUT2D eigenvalue weighted by Crippen LogP contribution is 2.35. The minimum absolute atomic E-state index is 0.0785. The van der Waals surface area contributed by atoms with Gasteiger partial charge < -0.3 is 4.74 Å². The first-order valence-electron chi connectivity index (χ1n) is 12.4. The highest BCUT2D eigenvalue weighted by Gasteiger charge is 2.26. The van der Waals surface area contributed by atoms with Gasteiger partial charge in [0.15, 0.2) is 5.16 Å². The molecule has 0 amide bonds. The minimum Gasteiger partial charge on any atom is -0.497 e. The summed E-state index contributed by atoms with van der Waals surface area (Å²) < 4.78 is 21.3. The van der Waals surface area contributed by atoms with Crippen molar-refractivity contribution in [1.29, 1.82) is 0 Å². The van der Waals surface area contributed by atoms with Gasteiger partial charge in [0.2, 0.25) is 0 Å². The van der Waals surface area contributed by atoms with Crippen LogP contribution in [0, 0.1) is 5.82 Å². The van der Waals surface area contributed by atoms with Gasteiger partial charge in [0.25, 0.3) is 5.56 Å². The fourth-order valence-electron chi connectivity index (χ4n) is 4.87. The Balaban J connectivity index is 1.40. The Labute approximate surface area is 228 Å². The summed E-state index contributed by atoms with van der Waals surface area (Å²) in [6.07, 6.45) is 0.809. The van der Waals surface area contributed by atoms with Crippen molar-refractivity contribution in [2.45, 2.75) is 30.4 Å². The summed E-state index contributed by atoms with van der Waals surface area (Å²) in [5.41, 5.74) is 3.60. The lowest BCUT2D eigenvalue weighted by molar-refractivity contribution is 0.249. The lowest BCUT2D eigenvalue weighted by atomic mass is 10.0. The molecule has 0 N–H and O–H groups in total. The molecule has 0 unspecified atom stereocenters. The second kappa shape index (κ2) is 10.7. The average molecular weight is 544 g/mol. The minimum atomic E-state index is -0.260. The fourth-order valence-corrected chi connectivity index (χ4v) is 7.17. The molecule has 6 rings (SSSR count). The van der Waals surface area contributed by atoms with E-state index in [9.17, 15) is 9.18 Å². The molecule has 5 aromatic rings. The van der Waals surface area contributed by atoms with E-state index in [-0.39, 0.29) is 11.4 Å². The third kappa shape index (κ3) is 4.87. The zero-order valence-corrected chi connectivity index (χ0v) is 22.5. The van der Waals surface area contributed by atoms with E-state index in [1.165, 1.54) is 28.3 Å². The number of hydrogen-bond acceptors (Lipinski definition) is 6. The Bertz CT molecular complexity index is 1650. The third-order valence-electron chi connectivity index (χ3n) is 6.82. The van der Waals surface area contributed by atoms with Crippen molar-refractivity contribution in [2.75, 3.05) is 13.7 Å². The van der Waals surface area contributed by atoms with Gasteiger partial charge in [-0.15, -0.1) is 11.3 Å². The van der Waals surface area contributed by atoms with Gasteiger partial charge in [-0.05, 0) is 53.4 Å². The van der Waals surface area contributed by atoms with Crippen molar-refractivity contribution < 1.29 is 9.13 Å². The van der Waals surface area contributed by atoms with Crippen LogP contribution < -0.4 is 10.3 Å². The molecule has 0 bridgehead atoms. The van der Waals surface area contributed by atoms with Crippen LogP contribution in [-0.4, -0.2) is 28.1 Å². The molecule has 1 aliphatic heterocycles. The van der Waals surface area contributed by atoms with Crippen molar-refractivity contribution >= 4 is 33.3 Å². The predicted octanol–water partition coefficient (Wildman–Crippen LogP) is 6.45. The number of benzene rings is 3. The lowest BCUT2D eigenvalue weighted by Crippen LogP contribution is -2.30. The topological polar surface area (TPSA) is 47.4 Å². The van der Waals surface area contributed by atoms with E-state index in [1.54, 1.807) is 35.1 Å². The summed E-state index contributed by atoms with van der Waals surface area (Å²) in [4.78, 5) is 23.4. The maximum Gasteiger partial charge on any atom is 0.267 e. The van der Waals surface area contributed by atoms with Crippen molar-refractivity contribution in [3.63, 3.8) is 0 Å². The molecule has 0 aliphatic carbocycles. The van der Waals surface area contributed by atoms with Gasteiger partial charge >= 0.3 is 0 Å². The molecule has 0 atom stereocenters. The van der Waals surface area contributed by atoms with E-state index in [1.807, 2.05) is 36.4 Å². The van der Waals surface area contributed by atoms with E-state index < -0.39 is 0 Å². The van der Waals surface area contributed by atoms with Crippen molar-refractivity contribution in [3.8, 4) is 11.4 Å². The summed E-state index contributed by atoms with van der Waals surface area (Å²) >= 11 is 2.98. The third-order valence-corrected chi connectivity index (χ3v) is 8.92. The highest BCUT2D eigenvalue weighted by molar-refractivity contribution is 7.98. The van der Waals surface area contributed by atoms with Crippen LogP contribution in [0.2, 0.25) is 0 Å². The number of nitrogens with zero attached hydrogens (tertiary/aromatic N) is 3. The summed E-state index contributed by atoms with van der Waals surface area (Å²) in [6.45, 7) is 2.56. The molecule has 0 saturated heterocycles. The second-order valence-electron chi connectivity index (χ2n) is 9.24. The number of rotatable bonds is 7. The zero-order valence-electron chi connectivity index (χ0n) is 20.9. The molecule has 5 nitrogen and oxygen atoms in total. The van der Waals surface area contributed by atoms with Crippen LogP contribution in [0.25, 0.3) is 15.9 Å². The van der Waals surface area contributed by atoms with Gasteiger partial charge in [-0.2, -0.15) is 0 Å². The first-order chi connectivity index (χ1) is 18.6. The SMILES string of the molecule is COc1ccc(-n2c(SCc3ccccc3F)nc3sc4c(c3c2=O)CCN(Cc2ccccc2)C4)cc1. The number of methoxy groups -OCH3 is 1. The summed E-state index contributed by atoms with van der Waals surface area (Å²) in [6, 6.07) is 24.6. The largest absolute Gasteiger partial charge is 0.497 e. The van der Waals surface area contributed by atoms with Crippen LogP contribution in [0.15, 0.2) is 88.8 Å². The van der Waals surface area contributed by atoms with Gasteiger partial charge in [-0.3, -0.25) is 14.3 Å². The summed E-state index contributed by atoms with van der Waals surface area (Å²) in [5.74, 6) is 0.823. The van der Waals surface area contributed by atoms with Crippen LogP contribution in [-0.2, 0) is 25.3 Å². The Morgan fingerprint density at radius 1 is 1.03 bits per heavy atom. The Hall–Kier alpha value is -3.46. The number of thioether (sulfide) groups is 1. The molecule has 0 radical (unpaired) electrons. The predicted molar refractivity (Wildman–Crippen MR) is 152 cm³/mol. The number of aromatic nitrogens is 2. The maximum absolute atomic E-state index is 14.4. The molecule has 3 heterocycles. The number of fused-ring (bicyclic) bond motifs is 3. The van der Waals surface area contributed by atoms with E-state index in [0.717, 1.165) is 36.4 Å². The number of ether oxygens (including phenoxy) is 1. The molecular weight excluding hydrogens is 517 g/mol. The molecule has 1 aliphatic rings. The number of hydrogen-bond donors (Lipinski definition) is 0. The summed E-state index contributed by atoms with van der Waals surface area (Å²) in [5, 5.41) is 1.26. The van der Waals surface area contributed by atoms with Crippen molar-refractivity contribution in [3.05, 3.63) is 117 Å². The van der Waals surface area contributed by atoms with Gasteiger partial charge in [-0.1, -0.05) is 60.3 Å². The molecule has 0 spiro atoms. The van der Waals surface area contributed by atoms with Crippen LogP contribution in [0.1, 0.15) is 21.6 Å². The standard InChI is InChI=1S/C30H26FN3O2S2/c1-36-23-13-11-22(12-14-23)34-29(35)27-24-15-16-33(17-20-7-3-2-4-8-20)18-26(24)38-28(27)32-30(34)37-19-21-9-5-6-10-25(21)31/h2-14H,15-19H2,1H3. The van der Waals surface area contributed by atoms with E-state index >= 15 is 0 Å². The van der Waals surface area contributed by atoms with Crippen LogP contribution in [0.5, 0.6) is 5.75 Å². The molecular formula is C30H26FN3O2S2. The fraction of sp³-hybridized carbons (Fsp3) is 0.200. The molecule has 38 heavy (non-hydrogen) atoms. The molecule has 2 aromatic heterocycles. The quantitative estimate of drug-likeness (QED) is 0.175. The van der Waals surface area contributed by atoms with Gasteiger partial charge in [0.05, 0.1) is 18.2 Å². The van der Waals surface area contributed by atoms with Crippen molar-refractivity contribution in [2.24, 2.45) is 0 Å². The smallest absolute Gasteiger partial charge is 0.267 e. The number of thiophene rings is 1. The van der Waals surface area contributed by atoms with Crippen LogP contribution >= 0.6 is 23.1 Å². The Morgan fingerprint density at radius 3 is 2.55 bits per heavy atom. The maximum atomic E-state index is 14.4. The van der Waals surface area contributed by atoms with E-state index in [0.29, 0.717) is 33.3 Å². The molecule has 0 saturated carbocycles. The molecule has 0 fully saturated rings. The summed E-state index contributed by atoms with van der Waals surface area (Å²) in [7, 11) is 1.61. The van der Waals surface area contributed by atoms with Crippen molar-refractivity contribution in [1.82, 2.24) is 14.5 Å². The van der Waals surface area contributed by atoms with Crippen LogP contribution in [0.3, 0.4) is 0 Å². The van der Waals surface area contributed by atoms with E-state index in [2.05, 4.69) is 29.2 Å². The normalized spacial score (nSPS) is 13.5. The first kappa shape index (κ1) is 24.9. The zero-order chi connectivity index (χ0) is 26.1.